The van der Waals surface area contributed by atoms with Crippen LogP contribution in [0.4, 0.5) is 0 Å². The summed E-state index contributed by atoms with van der Waals surface area (Å²) in [5, 5.41) is 3.54. The van der Waals surface area contributed by atoms with Crippen LogP contribution in [0.3, 0.4) is 0 Å². The number of hydrogen-bond acceptors (Lipinski definition) is 4. The number of nitrogens with one attached hydrogen (secondary N) is 1. The van der Waals surface area contributed by atoms with E-state index in [2.05, 4.69) is 5.32 Å². The van der Waals surface area contributed by atoms with Crippen molar-refractivity contribution >= 4 is 21.6 Å². The highest BCUT2D eigenvalue weighted by molar-refractivity contribution is 7.89. The lowest BCUT2D eigenvalue weighted by atomic mass is 10.3. The molecule has 0 aliphatic carbocycles. The molecule has 1 aromatic rings. The number of methoxy groups -OCH3 is 1. The first-order valence-corrected chi connectivity index (χ1v) is 7.84. The van der Waals surface area contributed by atoms with Crippen molar-refractivity contribution in [2.24, 2.45) is 0 Å². The van der Waals surface area contributed by atoms with Gasteiger partial charge >= 0.3 is 0 Å². The Kier molecular flexibility index (Phi) is 4.35. The molecule has 1 atom stereocenters. The second kappa shape index (κ2) is 5.66. The first kappa shape index (κ1) is 14.6. The van der Waals surface area contributed by atoms with Crippen LogP contribution in [0.5, 0.6) is 5.75 Å². The van der Waals surface area contributed by atoms with Crippen LogP contribution in [-0.4, -0.2) is 45.5 Å². The van der Waals surface area contributed by atoms with E-state index in [0.29, 0.717) is 30.4 Å². The molecular formula is C12H17ClN2O3S. The van der Waals surface area contributed by atoms with Gasteiger partial charge in [-0.3, -0.25) is 0 Å². The minimum Gasteiger partial charge on any atom is -0.495 e. The van der Waals surface area contributed by atoms with E-state index in [1.54, 1.807) is 12.1 Å². The summed E-state index contributed by atoms with van der Waals surface area (Å²) < 4.78 is 32.0. The van der Waals surface area contributed by atoms with Crippen LogP contribution in [0, 0.1) is 0 Å². The standard InChI is InChI=1S/C12H17ClN2O3S/c1-9-8-14-5-6-15(9)19(16,17)12-7-10(13)3-4-11(12)18-2/h3-4,7,9,14H,5-6,8H2,1-2H3. The van der Waals surface area contributed by atoms with Crippen molar-refractivity contribution in [1.29, 1.82) is 0 Å². The highest BCUT2D eigenvalue weighted by Gasteiger charge is 2.33. The summed E-state index contributed by atoms with van der Waals surface area (Å²) in [7, 11) is -2.14. The Morgan fingerprint density at radius 3 is 2.84 bits per heavy atom. The lowest BCUT2D eigenvalue weighted by molar-refractivity contribution is 0.282. The van der Waals surface area contributed by atoms with E-state index in [4.69, 9.17) is 16.3 Å². The van der Waals surface area contributed by atoms with Gasteiger partial charge in [0.25, 0.3) is 0 Å². The van der Waals surface area contributed by atoms with E-state index in [-0.39, 0.29) is 10.9 Å². The van der Waals surface area contributed by atoms with Crippen molar-refractivity contribution in [1.82, 2.24) is 9.62 Å². The summed E-state index contributed by atoms with van der Waals surface area (Å²) >= 11 is 5.90. The maximum Gasteiger partial charge on any atom is 0.247 e. The lowest BCUT2D eigenvalue weighted by Crippen LogP contribution is -2.52. The summed E-state index contributed by atoms with van der Waals surface area (Å²) in [4.78, 5) is 0.122. The molecule has 0 bridgehead atoms. The monoisotopic (exact) mass is 304 g/mol. The van der Waals surface area contributed by atoms with Gasteiger partial charge in [-0.25, -0.2) is 8.42 Å². The number of hydrogen-bond donors (Lipinski definition) is 1. The van der Waals surface area contributed by atoms with Crippen LogP contribution >= 0.6 is 11.6 Å². The highest BCUT2D eigenvalue weighted by Crippen LogP contribution is 2.30. The number of ether oxygens (including phenoxy) is 1. The van der Waals surface area contributed by atoms with Crippen molar-refractivity contribution in [3.05, 3.63) is 23.2 Å². The Balaban J connectivity index is 2.46. The molecule has 1 heterocycles. The largest absolute Gasteiger partial charge is 0.495 e. The van der Waals surface area contributed by atoms with Crippen molar-refractivity contribution in [3.63, 3.8) is 0 Å². The topological polar surface area (TPSA) is 58.6 Å². The van der Waals surface area contributed by atoms with E-state index in [1.165, 1.54) is 17.5 Å². The Morgan fingerprint density at radius 1 is 1.47 bits per heavy atom. The maximum absolute atomic E-state index is 12.7. The van der Waals surface area contributed by atoms with Gasteiger partial charge in [-0.2, -0.15) is 4.31 Å². The fraction of sp³-hybridized carbons (Fsp3) is 0.500. The minimum atomic E-state index is -3.59. The SMILES string of the molecule is COc1ccc(Cl)cc1S(=O)(=O)N1CCNCC1C. The molecule has 0 aromatic heterocycles. The molecule has 2 rings (SSSR count). The van der Waals surface area contributed by atoms with E-state index in [9.17, 15) is 8.42 Å². The summed E-state index contributed by atoms with van der Waals surface area (Å²) in [6.07, 6.45) is 0. The van der Waals surface area contributed by atoms with Crippen LogP contribution in [0.25, 0.3) is 0 Å². The molecule has 0 amide bonds. The normalized spacial score (nSPS) is 21.3. The zero-order valence-corrected chi connectivity index (χ0v) is 12.5. The number of benzene rings is 1. The van der Waals surface area contributed by atoms with Crippen LogP contribution < -0.4 is 10.1 Å². The molecule has 1 unspecified atom stereocenters. The third-order valence-electron chi connectivity index (χ3n) is 3.15. The van der Waals surface area contributed by atoms with Crippen LogP contribution in [-0.2, 0) is 10.0 Å². The van der Waals surface area contributed by atoms with Crippen LogP contribution in [0.2, 0.25) is 5.02 Å². The Labute approximate surface area is 118 Å². The minimum absolute atomic E-state index is 0.0950. The molecule has 1 aliphatic heterocycles. The average molecular weight is 305 g/mol. The fourth-order valence-electron chi connectivity index (χ4n) is 2.16. The van der Waals surface area contributed by atoms with Gasteiger partial charge in [0, 0.05) is 30.7 Å². The van der Waals surface area contributed by atoms with Crippen molar-refractivity contribution in [2.75, 3.05) is 26.7 Å². The van der Waals surface area contributed by atoms with Crippen LogP contribution in [0.15, 0.2) is 23.1 Å². The quantitative estimate of drug-likeness (QED) is 0.915. The summed E-state index contributed by atoms with van der Waals surface area (Å²) in [6, 6.07) is 4.52. The lowest BCUT2D eigenvalue weighted by Gasteiger charge is -2.33. The van der Waals surface area contributed by atoms with E-state index in [1.807, 2.05) is 6.92 Å². The number of rotatable bonds is 3. The summed E-state index contributed by atoms with van der Waals surface area (Å²) in [5.74, 6) is 0.315. The van der Waals surface area contributed by atoms with E-state index >= 15 is 0 Å². The third kappa shape index (κ3) is 2.86. The molecule has 0 spiro atoms. The molecule has 0 saturated carbocycles. The van der Waals surface area contributed by atoms with Crippen molar-refractivity contribution in [2.45, 2.75) is 17.9 Å². The van der Waals surface area contributed by atoms with Gasteiger partial charge in [-0.1, -0.05) is 11.6 Å². The predicted octanol–water partition coefficient (Wildman–Crippen LogP) is 1.33. The first-order valence-electron chi connectivity index (χ1n) is 6.03. The third-order valence-corrected chi connectivity index (χ3v) is 5.42. The molecule has 19 heavy (non-hydrogen) atoms. The molecule has 0 radical (unpaired) electrons. The van der Waals surface area contributed by atoms with Gasteiger partial charge in [0.1, 0.15) is 10.6 Å². The second-order valence-corrected chi connectivity index (χ2v) is 6.76. The molecule has 106 valence electrons. The van der Waals surface area contributed by atoms with Gasteiger partial charge in [0.15, 0.2) is 0 Å². The molecule has 1 fully saturated rings. The molecular weight excluding hydrogens is 288 g/mol. The number of piperazine rings is 1. The maximum atomic E-state index is 12.7. The highest BCUT2D eigenvalue weighted by atomic mass is 35.5. The molecule has 1 aliphatic rings. The fourth-order valence-corrected chi connectivity index (χ4v) is 4.21. The van der Waals surface area contributed by atoms with E-state index in [0.717, 1.165) is 0 Å². The molecule has 1 aromatic carbocycles. The zero-order chi connectivity index (χ0) is 14.0. The predicted molar refractivity (Wildman–Crippen MR) is 74.2 cm³/mol. The van der Waals surface area contributed by atoms with E-state index < -0.39 is 10.0 Å². The van der Waals surface area contributed by atoms with Crippen LogP contribution in [0.1, 0.15) is 6.92 Å². The number of halogens is 1. The molecule has 5 nitrogen and oxygen atoms in total. The van der Waals surface area contributed by atoms with Crippen molar-refractivity contribution < 1.29 is 13.2 Å². The van der Waals surface area contributed by atoms with Gasteiger partial charge in [0.05, 0.1) is 7.11 Å². The van der Waals surface area contributed by atoms with Gasteiger partial charge in [0.2, 0.25) is 10.0 Å². The smallest absolute Gasteiger partial charge is 0.247 e. The molecule has 1 N–H and O–H groups in total. The average Bonchev–Trinajstić information content (AvgIpc) is 2.39. The summed E-state index contributed by atoms with van der Waals surface area (Å²) in [5.41, 5.74) is 0. The van der Waals surface area contributed by atoms with Gasteiger partial charge in [-0.05, 0) is 25.1 Å². The Hall–Kier alpha value is -0.820. The number of nitrogens with zero attached hydrogens (tertiary/aromatic N) is 1. The molecule has 1 saturated heterocycles. The van der Waals surface area contributed by atoms with Gasteiger partial charge in [-0.15, -0.1) is 0 Å². The summed E-state index contributed by atoms with van der Waals surface area (Å²) in [6.45, 7) is 3.61. The zero-order valence-electron chi connectivity index (χ0n) is 10.9. The second-order valence-electron chi connectivity index (χ2n) is 4.46. The Bertz CT molecular complexity index is 562. The van der Waals surface area contributed by atoms with Gasteiger partial charge < -0.3 is 10.1 Å². The molecule has 7 heteroatoms. The van der Waals surface area contributed by atoms with Crippen molar-refractivity contribution in [3.8, 4) is 5.75 Å². The Morgan fingerprint density at radius 2 is 2.21 bits per heavy atom. The first-order chi connectivity index (χ1) is 8.96. The number of sulfonamides is 1.